The summed E-state index contributed by atoms with van der Waals surface area (Å²) in [5.41, 5.74) is 1.27. The van der Waals surface area contributed by atoms with E-state index in [1.807, 2.05) is 6.92 Å². The third kappa shape index (κ3) is 1.98. The Hall–Kier alpha value is -0.830. The van der Waals surface area contributed by atoms with Crippen molar-refractivity contribution in [2.75, 3.05) is 17.7 Å². The molecule has 0 saturated heterocycles. The summed E-state index contributed by atoms with van der Waals surface area (Å²) in [5, 5.41) is 3.31. The van der Waals surface area contributed by atoms with Gasteiger partial charge in [0.2, 0.25) is 0 Å². The number of aromatic nitrogens is 2. The third-order valence-corrected chi connectivity index (χ3v) is 3.32. The fraction of sp³-hybridized carbons (Fsp3) is 0.600. The molecule has 0 spiro atoms. The third-order valence-electron chi connectivity index (χ3n) is 2.75. The first-order valence-corrected chi connectivity index (χ1v) is 5.37. The molecule has 1 aromatic heterocycles. The van der Waals surface area contributed by atoms with Crippen molar-refractivity contribution in [1.82, 2.24) is 9.97 Å². The lowest BCUT2D eigenvalue weighted by atomic mass is 10.1. The van der Waals surface area contributed by atoms with E-state index < -0.39 is 0 Å². The Labute approximate surface area is 88.9 Å². The van der Waals surface area contributed by atoms with Crippen LogP contribution >= 0.6 is 11.6 Å². The summed E-state index contributed by atoms with van der Waals surface area (Å²) in [4.78, 5) is 8.39. The molecule has 1 aliphatic rings. The Morgan fingerprint density at radius 2 is 2.14 bits per heavy atom. The first-order valence-electron chi connectivity index (χ1n) is 4.83. The minimum Gasteiger partial charge on any atom is -0.368 e. The molecule has 1 saturated carbocycles. The number of alkyl halides is 1. The van der Waals surface area contributed by atoms with Crippen molar-refractivity contribution >= 4 is 17.4 Å². The van der Waals surface area contributed by atoms with E-state index in [2.05, 4.69) is 15.3 Å². The second-order valence-electron chi connectivity index (χ2n) is 3.98. The number of hydrogen-bond donors (Lipinski definition) is 1. The van der Waals surface area contributed by atoms with Gasteiger partial charge in [-0.1, -0.05) is 0 Å². The molecule has 1 heterocycles. The zero-order valence-corrected chi connectivity index (χ0v) is 9.01. The zero-order valence-electron chi connectivity index (χ0n) is 8.26. The summed E-state index contributed by atoms with van der Waals surface area (Å²) in [7, 11) is 0. The molecule has 1 fully saturated rings. The Morgan fingerprint density at radius 1 is 1.43 bits per heavy atom. The van der Waals surface area contributed by atoms with Crippen molar-refractivity contribution in [3.05, 3.63) is 18.1 Å². The number of halogens is 1. The number of aryl methyl sites for hydroxylation is 1. The van der Waals surface area contributed by atoms with Crippen molar-refractivity contribution in [2.45, 2.75) is 19.8 Å². The van der Waals surface area contributed by atoms with E-state index in [-0.39, 0.29) is 0 Å². The van der Waals surface area contributed by atoms with Gasteiger partial charge in [-0.15, -0.1) is 11.6 Å². The van der Waals surface area contributed by atoms with Gasteiger partial charge in [0.1, 0.15) is 5.82 Å². The molecule has 0 aliphatic heterocycles. The lowest BCUT2D eigenvalue weighted by Crippen LogP contribution is -2.18. The minimum absolute atomic E-state index is 0.325. The van der Waals surface area contributed by atoms with Crippen LogP contribution < -0.4 is 5.32 Å². The molecule has 3 nitrogen and oxygen atoms in total. The predicted molar refractivity (Wildman–Crippen MR) is 57.6 cm³/mol. The molecule has 4 heteroatoms. The van der Waals surface area contributed by atoms with E-state index in [9.17, 15) is 0 Å². The predicted octanol–water partition coefficient (Wildman–Crippen LogP) is 2.22. The fourth-order valence-electron chi connectivity index (χ4n) is 1.39. The summed E-state index contributed by atoms with van der Waals surface area (Å²) in [6.45, 7) is 2.87. The largest absolute Gasteiger partial charge is 0.368 e. The molecule has 1 aromatic rings. The number of nitrogens with zero attached hydrogens (tertiary/aromatic N) is 2. The molecule has 1 aliphatic carbocycles. The maximum Gasteiger partial charge on any atom is 0.147 e. The first kappa shape index (κ1) is 9.71. The van der Waals surface area contributed by atoms with Crippen LogP contribution in [0.5, 0.6) is 0 Å². The molecule has 0 bridgehead atoms. The molecular formula is C10H14ClN3. The Kier molecular flexibility index (Phi) is 2.59. The van der Waals surface area contributed by atoms with E-state index in [4.69, 9.17) is 11.6 Å². The number of hydrogen-bond acceptors (Lipinski definition) is 3. The van der Waals surface area contributed by atoms with E-state index in [1.165, 1.54) is 12.8 Å². The molecule has 76 valence electrons. The normalized spacial score (nSPS) is 17.9. The van der Waals surface area contributed by atoms with Gasteiger partial charge in [0.25, 0.3) is 0 Å². The summed E-state index contributed by atoms with van der Waals surface area (Å²) >= 11 is 5.89. The van der Waals surface area contributed by atoms with Crippen molar-refractivity contribution in [3.8, 4) is 0 Å². The second-order valence-corrected chi connectivity index (χ2v) is 4.24. The molecule has 0 amide bonds. The van der Waals surface area contributed by atoms with Gasteiger partial charge in [-0.25, -0.2) is 4.98 Å². The molecule has 0 unspecified atom stereocenters. The van der Waals surface area contributed by atoms with Crippen LogP contribution in [0.3, 0.4) is 0 Å². The van der Waals surface area contributed by atoms with Gasteiger partial charge in [-0.3, -0.25) is 4.98 Å². The van der Waals surface area contributed by atoms with Gasteiger partial charge in [-0.2, -0.15) is 0 Å². The molecule has 0 radical (unpaired) electrons. The maximum atomic E-state index is 5.89. The number of nitrogens with one attached hydrogen (secondary N) is 1. The van der Waals surface area contributed by atoms with Crippen molar-refractivity contribution in [3.63, 3.8) is 0 Å². The molecule has 0 atom stereocenters. The van der Waals surface area contributed by atoms with Gasteiger partial charge < -0.3 is 5.32 Å². The van der Waals surface area contributed by atoms with Crippen LogP contribution in [0.2, 0.25) is 0 Å². The smallest absolute Gasteiger partial charge is 0.147 e. The monoisotopic (exact) mass is 211 g/mol. The highest BCUT2D eigenvalue weighted by Gasteiger charge is 2.41. The molecule has 1 N–H and O–H groups in total. The Bertz CT molecular complexity index is 323. The van der Waals surface area contributed by atoms with Crippen LogP contribution in [0.1, 0.15) is 18.5 Å². The van der Waals surface area contributed by atoms with Crippen LogP contribution in [-0.4, -0.2) is 22.4 Å². The molecular weight excluding hydrogens is 198 g/mol. The van der Waals surface area contributed by atoms with E-state index >= 15 is 0 Å². The van der Waals surface area contributed by atoms with E-state index in [1.54, 1.807) is 12.4 Å². The molecule has 2 rings (SSSR count). The number of anilines is 1. The highest BCUT2D eigenvalue weighted by atomic mass is 35.5. The van der Waals surface area contributed by atoms with Gasteiger partial charge >= 0.3 is 0 Å². The lowest BCUT2D eigenvalue weighted by Gasteiger charge is -2.13. The lowest BCUT2D eigenvalue weighted by molar-refractivity contribution is 0.617. The van der Waals surface area contributed by atoms with Gasteiger partial charge in [0.05, 0.1) is 5.69 Å². The topological polar surface area (TPSA) is 37.8 Å². The summed E-state index contributed by atoms with van der Waals surface area (Å²) in [6.07, 6.45) is 5.86. The van der Waals surface area contributed by atoms with Crippen LogP contribution in [0, 0.1) is 12.3 Å². The van der Waals surface area contributed by atoms with Gasteiger partial charge in [-0.05, 0) is 19.8 Å². The van der Waals surface area contributed by atoms with Crippen molar-refractivity contribution in [1.29, 1.82) is 0 Å². The highest BCUT2D eigenvalue weighted by molar-refractivity contribution is 6.18. The van der Waals surface area contributed by atoms with Gasteiger partial charge in [0.15, 0.2) is 0 Å². The van der Waals surface area contributed by atoms with Crippen LogP contribution in [-0.2, 0) is 0 Å². The average molecular weight is 212 g/mol. The summed E-state index contributed by atoms with van der Waals surface area (Å²) < 4.78 is 0. The van der Waals surface area contributed by atoms with E-state index in [0.717, 1.165) is 23.9 Å². The number of rotatable bonds is 4. The van der Waals surface area contributed by atoms with Crippen molar-refractivity contribution in [2.24, 2.45) is 5.41 Å². The van der Waals surface area contributed by atoms with E-state index in [0.29, 0.717) is 5.41 Å². The Balaban J connectivity index is 1.95. The van der Waals surface area contributed by atoms with Crippen LogP contribution in [0.15, 0.2) is 12.4 Å². The highest BCUT2D eigenvalue weighted by Crippen LogP contribution is 2.46. The quantitative estimate of drug-likeness (QED) is 0.777. The summed E-state index contributed by atoms with van der Waals surface area (Å²) in [6, 6.07) is 0. The van der Waals surface area contributed by atoms with Crippen molar-refractivity contribution < 1.29 is 0 Å². The minimum atomic E-state index is 0.325. The average Bonchev–Trinajstić information content (AvgIpc) is 2.98. The molecule has 14 heavy (non-hydrogen) atoms. The van der Waals surface area contributed by atoms with Crippen LogP contribution in [0.4, 0.5) is 5.82 Å². The first-order chi connectivity index (χ1) is 6.76. The zero-order chi connectivity index (χ0) is 10.0. The fourth-order valence-corrected chi connectivity index (χ4v) is 1.75. The SMILES string of the molecule is Cc1nccnc1NCC1(CCl)CC1. The van der Waals surface area contributed by atoms with Gasteiger partial charge in [0, 0.05) is 30.2 Å². The van der Waals surface area contributed by atoms with Crippen LogP contribution in [0.25, 0.3) is 0 Å². The Morgan fingerprint density at radius 3 is 2.71 bits per heavy atom. The standard InChI is InChI=1S/C10H14ClN3/c1-8-9(13-5-4-12-8)14-7-10(6-11)2-3-10/h4-5H,2-3,6-7H2,1H3,(H,13,14). The maximum absolute atomic E-state index is 5.89. The molecule has 0 aromatic carbocycles. The second kappa shape index (κ2) is 3.73. The summed E-state index contributed by atoms with van der Waals surface area (Å²) in [5.74, 6) is 1.61.